The van der Waals surface area contributed by atoms with Gasteiger partial charge in [-0.25, -0.2) is 9.41 Å². The SMILES string of the molecule is [2H]c1c(C([2H])([2H])C(C)C)c([2H])c(-c2ccc3oc4c([N+]#[C-])cccc4c3c2C)[n+](C)c1[2H]. The zero-order valence-corrected chi connectivity index (χ0v) is 15.8. The van der Waals surface area contributed by atoms with Crippen LogP contribution in [-0.4, -0.2) is 0 Å². The van der Waals surface area contributed by atoms with E-state index in [1.54, 1.807) is 45.2 Å². The largest absolute Gasteiger partial charge is 0.467 e. The van der Waals surface area contributed by atoms with Crippen LogP contribution in [0, 0.1) is 19.4 Å². The predicted molar refractivity (Wildman–Crippen MR) is 110 cm³/mol. The van der Waals surface area contributed by atoms with Crippen LogP contribution in [0.5, 0.6) is 0 Å². The van der Waals surface area contributed by atoms with Gasteiger partial charge in [-0.2, -0.15) is 0 Å². The Hall–Kier alpha value is -3.12. The Kier molecular flexibility index (Phi) is 2.99. The summed E-state index contributed by atoms with van der Waals surface area (Å²) in [6, 6.07) is 8.61. The highest BCUT2D eigenvalue weighted by atomic mass is 16.3. The quantitative estimate of drug-likeness (QED) is 0.318. The lowest BCUT2D eigenvalue weighted by Crippen LogP contribution is -2.30. The minimum Gasteiger partial charge on any atom is -0.467 e. The maximum absolute atomic E-state index is 8.88. The Bertz CT molecular complexity index is 1450. The van der Waals surface area contributed by atoms with Gasteiger partial charge in [0, 0.05) is 31.2 Å². The molecule has 0 spiro atoms. The fourth-order valence-electron chi connectivity index (χ4n) is 3.43. The van der Waals surface area contributed by atoms with Crippen molar-refractivity contribution in [3.05, 3.63) is 71.1 Å². The Morgan fingerprint density at radius 1 is 1.30 bits per heavy atom. The first-order valence-electron chi connectivity index (χ1n) is 11.3. The highest BCUT2D eigenvalue weighted by molar-refractivity contribution is 6.11. The molecule has 3 nitrogen and oxygen atoms in total. The molecule has 0 fully saturated rings. The Balaban J connectivity index is 2.12. The van der Waals surface area contributed by atoms with Crippen LogP contribution < -0.4 is 4.57 Å². The zero-order chi connectivity index (χ0) is 23.5. The summed E-state index contributed by atoms with van der Waals surface area (Å²) in [5.41, 5.74) is 3.32. The zero-order valence-electron chi connectivity index (χ0n) is 20.8. The summed E-state index contributed by atoms with van der Waals surface area (Å²) < 4.78 is 50.2. The smallest absolute Gasteiger partial charge is 0.229 e. The first kappa shape index (κ1) is 12.3. The summed E-state index contributed by atoms with van der Waals surface area (Å²) in [7, 11) is 1.62. The van der Waals surface area contributed by atoms with Crippen molar-refractivity contribution in [3.8, 4) is 11.3 Å². The lowest BCUT2D eigenvalue weighted by Gasteiger charge is -2.09. The number of pyridine rings is 1. The van der Waals surface area contributed by atoms with Crippen LogP contribution in [0.4, 0.5) is 5.69 Å². The van der Waals surface area contributed by atoms with Gasteiger partial charge in [-0.15, -0.1) is 0 Å². The third-order valence-corrected chi connectivity index (χ3v) is 4.64. The van der Waals surface area contributed by atoms with E-state index in [9.17, 15) is 0 Å². The average Bonchev–Trinajstić information content (AvgIpc) is 3.13. The van der Waals surface area contributed by atoms with Crippen LogP contribution in [-0.2, 0) is 13.4 Å². The second-order valence-electron chi connectivity index (χ2n) is 6.92. The molecule has 2 heterocycles. The lowest BCUT2D eigenvalue weighted by molar-refractivity contribution is -0.660. The van der Waals surface area contributed by atoms with E-state index in [0.717, 1.165) is 16.3 Å². The number of rotatable bonds is 3. The molecule has 0 saturated heterocycles. The lowest BCUT2D eigenvalue weighted by atomic mass is 9.96. The second-order valence-corrected chi connectivity index (χ2v) is 6.92. The predicted octanol–water partition coefficient (Wildman–Crippen LogP) is 6.14. The molecule has 0 N–H and O–H groups in total. The van der Waals surface area contributed by atoms with E-state index < -0.39 is 12.3 Å². The topological polar surface area (TPSA) is 21.4 Å². The van der Waals surface area contributed by atoms with Crippen LogP contribution in [0.3, 0.4) is 0 Å². The normalized spacial score (nSPS) is 14.6. The van der Waals surface area contributed by atoms with Gasteiger partial charge in [0.05, 0.1) is 9.31 Å². The van der Waals surface area contributed by atoms with Gasteiger partial charge in [-0.05, 0) is 42.5 Å². The molecule has 0 saturated carbocycles. The van der Waals surface area contributed by atoms with Gasteiger partial charge in [0.15, 0.2) is 6.17 Å². The van der Waals surface area contributed by atoms with Gasteiger partial charge >= 0.3 is 0 Å². The van der Waals surface area contributed by atoms with Gasteiger partial charge in [0.25, 0.3) is 0 Å². The van der Waals surface area contributed by atoms with Crippen molar-refractivity contribution < 1.29 is 15.8 Å². The molecule has 2 aromatic heterocycles. The van der Waals surface area contributed by atoms with Gasteiger partial charge in [0.2, 0.25) is 11.4 Å². The minimum absolute atomic E-state index is 0.0718. The van der Waals surface area contributed by atoms with Gasteiger partial charge in [-0.1, -0.05) is 32.0 Å². The number of fused-ring (bicyclic) bond motifs is 3. The summed E-state index contributed by atoms with van der Waals surface area (Å²) in [6.45, 7) is 12.7. The number of nitrogens with zero attached hydrogens (tertiary/aromatic N) is 2. The van der Waals surface area contributed by atoms with Crippen LogP contribution in [0.25, 0.3) is 38.0 Å². The summed E-state index contributed by atoms with van der Waals surface area (Å²) in [5, 5.41) is 1.61. The molecule has 0 aliphatic heterocycles. The third kappa shape index (κ3) is 2.88. The molecule has 0 radical (unpaired) electrons. The van der Waals surface area contributed by atoms with Crippen molar-refractivity contribution in [1.29, 1.82) is 0 Å². The van der Waals surface area contributed by atoms with Crippen molar-refractivity contribution in [3.63, 3.8) is 0 Å². The molecule has 0 unspecified atom stereocenters. The summed E-state index contributed by atoms with van der Waals surface area (Å²) in [5.74, 6) is -0.468. The summed E-state index contributed by atoms with van der Waals surface area (Å²) >= 11 is 0. The van der Waals surface area contributed by atoms with Crippen LogP contribution >= 0.6 is 0 Å². The fraction of sp³-hybridized carbons (Fsp3) is 0.250. The Morgan fingerprint density at radius 3 is 2.85 bits per heavy atom. The number of aromatic nitrogens is 1. The van der Waals surface area contributed by atoms with Crippen molar-refractivity contribution in [1.82, 2.24) is 0 Å². The van der Waals surface area contributed by atoms with E-state index in [1.165, 1.54) is 4.57 Å². The van der Waals surface area contributed by atoms with E-state index in [1.807, 2.05) is 13.0 Å². The fourth-order valence-corrected chi connectivity index (χ4v) is 3.43. The first-order chi connectivity index (χ1) is 15.0. The van der Waals surface area contributed by atoms with E-state index in [0.29, 0.717) is 28.1 Å². The molecule has 27 heavy (non-hydrogen) atoms. The van der Waals surface area contributed by atoms with Crippen LogP contribution in [0.2, 0.25) is 0 Å². The monoisotopic (exact) mass is 360 g/mol. The maximum atomic E-state index is 8.88. The molecule has 4 aromatic rings. The summed E-state index contributed by atoms with van der Waals surface area (Å²) in [6.07, 6.45) is -2.08. The molecular weight excluding hydrogens is 332 g/mol. The molecule has 0 aliphatic rings. The molecule has 4 rings (SSSR count). The summed E-state index contributed by atoms with van der Waals surface area (Å²) in [4.78, 5) is 3.54. The van der Waals surface area contributed by atoms with E-state index in [2.05, 4.69) is 4.85 Å². The van der Waals surface area contributed by atoms with Gasteiger partial charge < -0.3 is 4.42 Å². The number of aryl methyl sites for hydroxylation is 1. The van der Waals surface area contributed by atoms with Crippen molar-refractivity contribution >= 4 is 27.6 Å². The van der Waals surface area contributed by atoms with E-state index in [4.69, 9.17) is 17.8 Å². The standard InChI is InChI=1S/C24H23N2O/c1-15(2)13-17-11-12-26(5)21(14-17)18-9-10-22-23(16(18)3)19-7-6-8-20(25-4)24(19)27-22/h6-12,14-15H,13H2,1-3,5H3/q+1/i11D,12D,13D2,14D. The maximum Gasteiger partial charge on any atom is 0.229 e. The molecule has 0 atom stereocenters. The van der Waals surface area contributed by atoms with Crippen molar-refractivity contribution in [2.24, 2.45) is 13.0 Å². The van der Waals surface area contributed by atoms with E-state index >= 15 is 0 Å². The number of furan rings is 1. The molecular formula is C24H23N2O+. The van der Waals surface area contributed by atoms with Gasteiger partial charge in [-0.3, -0.25) is 0 Å². The Morgan fingerprint density at radius 2 is 2.11 bits per heavy atom. The molecule has 134 valence electrons. The molecule has 2 aromatic carbocycles. The number of hydrogen-bond donors (Lipinski definition) is 0. The molecule has 0 bridgehead atoms. The first-order valence-corrected chi connectivity index (χ1v) is 8.85. The number of para-hydroxylation sites is 1. The average molecular weight is 360 g/mol. The van der Waals surface area contributed by atoms with Crippen LogP contribution in [0.15, 0.2) is 53.0 Å². The second kappa shape index (κ2) is 6.55. The minimum atomic E-state index is -1.93. The molecule has 3 heteroatoms. The van der Waals surface area contributed by atoms with Gasteiger partial charge in [0.1, 0.15) is 19.6 Å². The highest BCUT2D eigenvalue weighted by Gasteiger charge is 2.19. The van der Waals surface area contributed by atoms with Crippen molar-refractivity contribution in [2.45, 2.75) is 27.1 Å². The number of hydrogen-bond acceptors (Lipinski definition) is 1. The third-order valence-electron chi connectivity index (χ3n) is 4.64. The molecule has 0 aliphatic carbocycles. The Labute approximate surface area is 166 Å². The van der Waals surface area contributed by atoms with E-state index in [-0.39, 0.29) is 23.8 Å². The highest BCUT2D eigenvalue weighted by Crippen LogP contribution is 2.39. The number of benzene rings is 2. The van der Waals surface area contributed by atoms with Crippen LogP contribution in [0.1, 0.15) is 31.8 Å². The van der Waals surface area contributed by atoms with Crippen molar-refractivity contribution in [2.75, 3.05) is 0 Å². The molecule has 0 amide bonds.